The number of aromatic carboxylic acids is 1. The number of nitrogens with zero attached hydrogens (tertiary/aromatic N) is 1. The van der Waals surface area contributed by atoms with Crippen LogP contribution in [0, 0.1) is 6.92 Å². The molecular formula is C14H22N2O3. The van der Waals surface area contributed by atoms with E-state index in [1.807, 2.05) is 0 Å². The summed E-state index contributed by atoms with van der Waals surface area (Å²) >= 11 is 0. The Morgan fingerprint density at radius 3 is 3.05 bits per heavy atom. The van der Waals surface area contributed by atoms with Crippen LogP contribution >= 0.6 is 0 Å². The van der Waals surface area contributed by atoms with E-state index in [0.717, 1.165) is 13.1 Å². The van der Waals surface area contributed by atoms with Crippen molar-refractivity contribution in [2.24, 2.45) is 0 Å². The average Bonchev–Trinajstić information content (AvgIpc) is 2.95. The smallest absolute Gasteiger partial charge is 0.339 e. The molecule has 0 amide bonds. The highest BCUT2D eigenvalue weighted by Crippen LogP contribution is 2.17. The van der Waals surface area contributed by atoms with E-state index in [9.17, 15) is 4.79 Å². The molecule has 1 aliphatic rings. The van der Waals surface area contributed by atoms with Crippen molar-refractivity contribution in [1.29, 1.82) is 0 Å². The Labute approximate surface area is 113 Å². The Morgan fingerprint density at radius 1 is 1.63 bits per heavy atom. The number of likely N-dealkylation sites (tertiary alicyclic amines) is 1. The summed E-state index contributed by atoms with van der Waals surface area (Å²) in [6, 6.07) is 2.21. The Bertz CT molecular complexity index is 442. The molecule has 1 aromatic heterocycles. The Morgan fingerprint density at radius 2 is 2.42 bits per heavy atom. The van der Waals surface area contributed by atoms with E-state index in [4.69, 9.17) is 9.52 Å². The summed E-state index contributed by atoms with van der Waals surface area (Å²) in [5.74, 6) is 0.233. The number of rotatable bonds is 6. The molecule has 1 aliphatic heterocycles. The van der Waals surface area contributed by atoms with Gasteiger partial charge in [0.15, 0.2) is 0 Å². The summed E-state index contributed by atoms with van der Waals surface area (Å²) < 4.78 is 5.44. The lowest BCUT2D eigenvalue weighted by atomic mass is 10.2. The van der Waals surface area contributed by atoms with Crippen molar-refractivity contribution in [2.75, 3.05) is 19.6 Å². The predicted octanol–water partition coefficient (Wildman–Crippen LogP) is 1.86. The van der Waals surface area contributed by atoms with Crippen LogP contribution in [0.25, 0.3) is 0 Å². The maximum atomic E-state index is 10.9. The second-order valence-corrected chi connectivity index (χ2v) is 5.04. The lowest BCUT2D eigenvalue weighted by molar-refractivity contribution is 0.0695. The summed E-state index contributed by atoms with van der Waals surface area (Å²) in [4.78, 5) is 13.4. The molecule has 0 aromatic carbocycles. The maximum absolute atomic E-state index is 10.9. The molecule has 1 unspecified atom stereocenters. The topological polar surface area (TPSA) is 65.7 Å². The standard InChI is InChI=1S/C14H22N2O3/c1-3-16-6-4-5-11(16)8-15-9-12-7-13(14(17)18)10(2)19-12/h7,11,15H,3-6,8-9H2,1-2H3,(H,17,18). The van der Waals surface area contributed by atoms with Gasteiger partial charge in [-0.2, -0.15) is 0 Å². The van der Waals surface area contributed by atoms with Gasteiger partial charge >= 0.3 is 5.97 Å². The van der Waals surface area contributed by atoms with Gasteiger partial charge in [-0.15, -0.1) is 0 Å². The number of nitrogens with one attached hydrogen (secondary N) is 1. The quantitative estimate of drug-likeness (QED) is 0.822. The molecular weight excluding hydrogens is 244 g/mol. The first-order valence-electron chi connectivity index (χ1n) is 6.89. The largest absolute Gasteiger partial charge is 0.478 e. The van der Waals surface area contributed by atoms with Crippen molar-refractivity contribution in [2.45, 2.75) is 39.3 Å². The molecule has 1 fully saturated rings. The van der Waals surface area contributed by atoms with Crippen LogP contribution in [-0.2, 0) is 6.54 Å². The number of furan rings is 1. The highest BCUT2D eigenvalue weighted by Gasteiger charge is 2.22. The minimum absolute atomic E-state index is 0.257. The number of carboxylic acids is 1. The van der Waals surface area contributed by atoms with Crippen LogP contribution in [0.5, 0.6) is 0 Å². The maximum Gasteiger partial charge on any atom is 0.339 e. The monoisotopic (exact) mass is 266 g/mol. The van der Waals surface area contributed by atoms with Gasteiger partial charge < -0.3 is 14.8 Å². The minimum Gasteiger partial charge on any atom is -0.478 e. The van der Waals surface area contributed by atoms with Crippen LogP contribution in [0.2, 0.25) is 0 Å². The van der Waals surface area contributed by atoms with Crippen LogP contribution in [0.4, 0.5) is 0 Å². The van der Waals surface area contributed by atoms with E-state index in [2.05, 4.69) is 17.1 Å². The number of likely N-dealkylation sites (N-methyl/N-ethyl adjacent to an activating group) is 1. The molecule has 19 heavy (non-hydrogen) atoms. The zero-order chi connectivity index (χ0) is 13.8. The van der Waals surface area contributed by atoms with Crippen molar-refractivity contribution >= 4 is 5.97 Å². The van der Waals surface area contributed by atoms with E-state index in [0.29, 0.717) is 24.1 Å². The summed E-state index contributed by atoms with van der Waals surface area (Å²) in [6.45, 7) is 7.66. The first-order chi connectivity index (χ1) is 9.11. The van der Waals surface area contributed by atoms with Crippen molar-refractivity contribution in [1.82, 2.24) is 10.2 Å². The second-order valence-electron chi connectivity index (χ2n) is 5.04. The van der Waals surface area contributed by atoms with Gasteiger partial charge in [-0.05, 0) is 38.9 Å². The van der Waals surface area contributed by atoms with Crippen LogP contribution in [0.3, 0.4) is 0 Å². The van der Waals surface area contributed by atoms with Gasteiger partial charge in [-0.25, -0.2) is 4.79 Å². The van der Waals surface area contributed by atoms with Gasteiger partial charge in [-0.3, -0.25) is 4.90 Å². The van der Waals surface area contributed by atoms with Crippen molar-refractivity contribution in [3.05, 3.63) is 23.2 Å². The first kappa shape index (κ1) is 14.1. The van der Waals surface area contributed by atoms with E-state index in [1.54, 1.807) is 13.0 Å². The van der Waals surface area contributed by atoms with E-state index < -0.39 is 5.97 Å². The zero-order valence-corrected chi connectivity index (χ0v) is 11.6. The third-order valence-corrected chi connectivity index (χ3v) is 3.78. The molecule has 106 valence electrons. The highest BCUT2D eigenvalue weighted by molar-refractivity contribution is 5.88. The van der Waals surface area contributed by atoms with E-state index in [1.165, 1.54) is 19.4 Å². The molecule has 1 atom stereocenters. The lowest BCUT2D eigenvalue weighted by Crippen LogP contribution is -2.37. The molecule has 0 spiro atoms. The fourth-order valence-electron chi connectivity index (χ4n) is 2.75. The van der Waals surface area contributed by atoms with E-state index in [-0.39, 0.29) is 5.56 Å². The number of hydrogen-bond donors (Lipinski definition) is 2. The highest BCUT2D eigenvalue weighted by atomic mass is 16.4. The van der Waals surface area contributed by atoms with Gasteiger partial charge in [-0.1, -0.05) is 6.92 Å². The van der Waals surface area contributed by atoms with Gasteiger partial charge in [0.25, 0.3) is 0 Å². The lowest BCUT2D eigenvalue weighted by Gasteiger charge is -2.22. The molecule has 0 bridgehead atoms. The summed E-state index contributed by atoms with van der Waals surface area (Å²) in [5.41, 5.74) is 0.257. The fraction of sp³-hybridized carbons (Fsp3) is 0.643. The van der Waals surface area contributed by atoms with Crippen molar-refractivity contribution in [3.63, 3.8) is 0 Å². The number of carbonyl (C=O) groups is 1. The van der Waals surface area contributed by atoms with Crippen molar-refractivity contribution < 1.29 is 14.3 Å². The van der Waals surface area contributed by atoms with Gasteiger partial charge in [0, 0.05) is 12.6 Å². The molecule has 2 heterocycles. The Kier molecular flexibility index (Phi) is 4.61. The number of hydrogen-bond acceptors (Lipinski definition) is 4. The normalized spacial score (nSPS) is 20.0. The molecule has 0 aliphatic carbocycles. The minimum atomic E-state index is -0.930. The predicted molar refractivity (Wildman–Crippen MR) is 72.4 cm³/mol. The van der Waals surface area contributed by atoms with Crippen LogP contribution < -0.4 is 5.32 Å². The van der Waals surface area contributed by atoms with Crippen molar-refractivity contribution in [3.8, 4) is 0 Å². The average molecular weight is 266 g/mol. The third kappa shape index (κ3) is 3.36. The number of carboxylic acid groups (broad SMARTS) is 1. The van der Waals surface area contributed by atoms with Crippen LogP contribution in [0.1, 0.15) is 41.6 Å². The SMILES string of the molecule is CCN1CCCC1CNCc1cc(C(=O)O)c(C)o1. The summed E-state index contributed by atoms with van der Waals surface area (Å²) in [6.07, 6.45) is 2.50. The van der Waals surface area contributed by atoms with Gasteiger partial charge in [0.2, 0.25) is 0 Å². The molecule has 2 N–H and O–H groups in total. The Balaban J connectivity index is 1.82. The first-order valence-corrected chi connectivity index (χ1v) is 6.89. The van der Waals surface area contributed by atoms with Gasteiger partial charge in [0.05, 0.1) is 6.54 Å². The molecule has 0 radical (unpaired) electrons. The van der Waals surface area contributed by atoms with Gasteiger partial charge in [0.1, 0.15) is 17.1 Å². The summed E-state index contributed by atoms with van der Waals surface area (Å²) in [7, 11) is 0. The third-order valence-electron chi connectivity index (χ3n) is 3.78. The molecule has 1 aromatic rings. The molecule has 5 heteroatoms. The van der Waals surface area contributed by atoms with E-state index >= 15 is 0 Å². The number of aryl methyl sites for hydroxylation is 1. The molecule has 0 saturated carbocycles. The zero-order valence-electron chi connectivity index (χ0n) is 11.6. The molecule has 1 saturated heterocycles. The Hall–Kier alpha value is -1.33. The summed E-state index contributed by atoms with van der Waals surface area (Å²) in [5, 5.41) is 12.3. The molecule has 5 nitrogen and oxygen atoms in total. The second kappa shape index (κ2) is 6.21. The fourth-order valence-corrected chi connectivity index (χ4v) is 2.75. The molecule has 2 rings (SSSR count). The van der Waals surface area contributed by atoms with Crippen LogP contribution in [0.15, 0.2) is 10.5 Å². The van der Waals surface area contributed by atoms with Crippen LogP contribution in [-0.4, -0.2) is 41.7 Å².